The Kier molecular flexibility index (Phi) is 2.87. The highest BCUT2D eigenvalue weighted by Crippen LogP contribution is 2.25. The first-order chi connectivity index (χ1) is 9.51. The molecule has 0 unspecified atom stereocenters. The van der Waals surface area contributed by atoms with Gasteiger partial charge in [0.25, 0.3) is 0 Å². The molecule has 3 aromatic rings. The molecule has 0 aliphatic heterocycles. The number of benzene rings is 2. The largest absolute Gasteiger partial charge is 0.318 e. The van der Waals surface area contributed by atoms with E-state index in [9.17, 15) is 8.42 Å². The normalized spacial score (nSPS) is 11.9. The summed E-state index contributed by atoms with van der Waals surface area (Å²) in [5.41, 5.74) is 2.51. The van der Waals surface area contributed by atoms with Crippen LogP contribution in [0, 0.1) is 6.92 Å². The second kappa shape index (κ2) is 4.45. The van der Waals surface area contributed by atoms with Gasteiger partial charge in [0.2, 0.25) is 15.0 Å². The first-order valence-electron chi connectivity index (χ1n) is 6.24. The van der Waals surface area contributed by atoms with Gasteiger partial charge < -0.3 is 4.57 Å². The van der Waals surface area contributed by atoms with Crippen LogP contribution in [0.1, 0.15) is 5.56 Å². The fourth-order valence-corrected chi connectivity index (χ4v) is 3.68. The summed E-state index contributed by atoms with van der Waals surface area (Å²) in [4.78, 5) is 4.60. The Bertz CT molecular complexity index is 881. The number of rotatable bonds is 2. The number of para-hydroxylation sites is 1. The number of nitrogens with zero attached hydrogens (tertiary/aromatic N) is 2. The minimum Gasteiger partial charge on any atom is -0.318 e. The molecular weight excluding hydrogens is 272 g/mol. The first kappa shape index (κ1) is 12.9. The molecule has 0 saturated heterocycles. The topological polar surface area (TPSA) is 52.0 Å². The van der Waals surface area contributed by atoms with E-state index in [-0.39, 0.29) is 10.1 Å². The van der Waals surface area contributed by atoms with E-state index < -0.39 is 9.84 Å². The summed E-state index contributed by atoms with van der Waals surface area (Å²) in [5, 5.41) is 0.0769. The lowest BCUT2D eigenvalue weighted by atomic mass is 10.2. The molecule has 3 rings (SSSR count). The highest BCUT2D eigenvalue weighted by Gasteiger charge is 2.24. The molecule has 20 heavy (non-hydrogen) atoms. The molecule has 0 N–H and O–H groups in total. The molecule has 0 amide bonds. The monoisotopic (exact) mass is 286 g/mol. The predicted molar refractivity (Wildman–Crippen MR) is 77.3 cm³/mol. The number of fused-ring (bicyclic) bond motifs is 1. The molecule has 2 aromatic carbocycles. The lowest BCUT2D eigenvalue weighted by molar-refractivity contribution is 0.581. The lowest BCUT2D eigenvalue weighted by Crippen LogP contribution is -2.08. The van der Waals surface area contributed by atoms with Crippen LogP contribution in [-0.4, -0.2) is 18.0 Å². The standard InChI is InChI=1S/C15H14N2O2S/c1-11-7-6-10-13-14(11)16-15(17(13)2)20(18,19)12-8-4-3-5-9-12/h3-10H,1-2H3. The van der Waals surface area contributed by atoms with Crippen molar-refractivity contribution in [3.8, 4) is 0 Å². The zero-order chi connectivity index (χ0) is 14.3. The number of aryl methyl sites for hydroxylation is 2. The van der Waals surface area contributed by atoms with Crippen molar-refractivity contribution in [3.05, 3.63) is 54.1 Å². The van der Waals surface area contributed by atoms with E-state index in [1.165, 1.54) is 0 Å². The summed E-state index contributed by atoms with van der Waals surface area (Å²) in [7, 11) is -1.87. The van der Waals surface area contributed by atoms with Crippen molar-refractivity contribution in [1.29, 1.82) is 0 Å². The molecule has 0 fully saturated rings. The van der Waals surface area contributed by atoms with Crippen molar-refractivity contribution < 1.29 is 8.42 Å². The number of sulfone groups is 1. The van der Waals surface area contributed by atoms with Gasteiger partial charge in [-0.15, -0.1) is 0 Å². The predicted octanol–water partition coefficient (Wildman–Crippen LogP) is 2.71. The Hall–Kier alpha value is -2.14. The van der Waals surface area contributed by atoms with Crippen LogP contribution in [-0.2, 0) is 16.9 Å². The van der Waals surface area contributed by atoms with Gasteiger partial charge >= 0.3 is 0 Å². The van der Waals surface area contributed by atoms with Crippen LogP contribution in [0.3, 0.4) is 0 Å². The first-order valence-corrected chi connectivity index (χ1v) is 7.72. The molecule has 4 nitrogen and oxygen atoms in total. The van der Waals surface area contributed by atoms with Crippen LogP contribution in [0.2, 0.25) is 0 Å². The number of imidazole rings is 1. The molecule has 0 bridgehead atoms. The molecule has 0 radical (unpaired) electrons. The summed E-state index contributed by atoms with van der Waals surface area (Å²) < 4.78 is 26.9. The molecule has 0 spiro atoms. The van der Waals surface area contributed by atoms with E-state index >= 15 is 0 Å². The summed E-state index contributed by atoms with van der Waals surface area (Å²) in [6.45, 7) is 1.92. The molecule has 0 aliphatic carbocycles. The number of aromatic nitrogens is 2. The Morgan fingerprint density at radius 1 is 1.00 bits per heavy atom. The van der Waals surface area contributed by atoms with Crippen LogP contribution in [0.25, 0.3) is 11.0 Å². The van der Waals surface area contributed by atoms with E-state index in [1.807, 2.05) is 25.1 Å². The van der Waals surface area contributed by atoms with Gasteiger partial charge in [0.05, 0.1) is 15.9 Å². The minimum atomic E-state index is -3.60. The van der Waals surface area contributed by atoms with Crippen molar-refractivity contribution >= 4 is 20.9 Å². The quantitative estimate of drug-likeness (QED) is 0.728. The number of hydrogen-bond acceptors (Lipinski definition) is 3. The summed E-state index contributed by atoms with van der Waals surface area (Å²) in [6.07, 6.45) is 0. The maximum Gasteiger partial charge on any atom is 0.240 e. The van der Waals surface area contributed by atoms with Crippen molar-refractivity contribution in [2.75, 3.05) is 0 Å². The van der Waals surface area contributed by atoms with Crippen molar-refractivity contribution in [1.82, 2.24) is 9.55 Å². The van der Waals surface area contributed by atoms with E-state index in [2.05, 4.69) is 4.98 Å². The van der Waals surface area contributed by atoms with Crippen molar-refractivity contribution in [2.45, 2.75) is 17.0 Å². The Balaban J connectivity index is 2.31. The zero-order valence-electron chi connectivity index (χ0n) is 11.2. The SMILES string of the molecule is Cc1cccc2c1nc(S(=O)(=O)c1ccccc1)n2C. The van der Waals surface area contributed by atoms with Gasteiger partial charge in [0.1, 0.15) is 0 Å². The molecule has 102 valence electrons. The molecule has 0 atom stereocenters. The van der Waals surface area contributed by atoms with E-state index in [0.717, 1.165) is 16.6 Å². The molecule has 1 heterocycles. The second-order valence-corrected chi connectivity index (χ2v) is 6.56. The van der Waals surface area contributed by atoms with Crippen molar-refractivity contribution in [2.24, 2.45) is 7.05 Å². The highest BCUT2D eigenvalue weighted by molar-refractivity contribution is 7.91. The third kappa shape index (κ3) is 1.82. The summed E-state index contributed by atoms with van der Waals surface area (Å²) in [5.74, 6) is 0. The highest BCUT2D eigenvalue weighted by atomic mass is 32.2. The minimum absolute atomic E-state index is 0.0769. The van der Waals surface area contributed by atoms with Crippen LogP contribution < -0.4 is 0 Å². The van der Waals surface area contributed by atoms with Gasteiger partial charge in [0, 0.05) is 7.05 Å². The van der Waals surface area contributed by atoms with Crippen LogP contribution in [0.4, 0.5) is 0 Å². The van der Waals surface area contributed by atoms with E-state index in [1.54, 1.807) is 41.9 Å². The van der Waals surface area contributed by atoms with Gasteiger partial charge in [-0.05, 0) is 30.7 Å². The third-order valence-corrected chi connectivity index (χ3v) is 5.10. The van der Waals surface area contributed by atoms with Crippen LogP contribution in [0.15, 0.2) is 58.6 Å². The molecular formula is C15H14N2O2S. The van der Waals surface area contributed by atoms with Crippen LogP contribution >= 0.6 is 0 Å². The number of hydrogen-bond donors (Lipinski definition) is 0. The summed E-state index contributed by atoms with van der Waals surface area (Å²) >= 11 is 0. The van der Waals surface area contributed by atoms with Gasteiger partial charge in [-0.3, -0.25) is 0 Å². The maximum atomic E-state index is 12.7. The second-order valence-electron chi connectivity index (χ2n) is 4.71. The Morgan fingerprint density at radius 3 is 2.35 bits per heavy atom. The van der Waals surface area contributed by atoms with Gasteiger partial charge in [-0.2, -0.15) is 0 Å². The lowest BCUT2D eigenvalue weighted by Gasteiger charge is -2.04. The average molecular weight is 286 g/mol. The van der Waals surface area contributed by atoms with Crippen LogP contribution in [0.5, 0.6) is 0 Å². The smallest absolute Gasteiger partial charge is 0.240 e. The Labute approximate surface area is 117 Å². The summed E-state index contributed by atoms with van der Waals surface area (Å²) in [6, 6.07) is 14.1. The van der Waals surface area contributed by atoms with Gasteiger partial charge in [-0.25, -0.2) is 13.4 Å². The van der Waals surface area contributed by atoms with E-state index in [0.29, 0.717) is 0 Å². The molecule has 0 saturated carbocycles. The molecule has 5 heteroatoms. The van der Waals surface area contributed by atoms with E-state index in [4.69, 9.17) is 0 Å². The zero-order valence-corrected chi connectivity index (χ0v) is 12.1. The molecule has 0 aliphatic rings. The molecule has 1 aromatic heterocycles. The average Bonchev–Trinajstić information content (AvgIpc) is 2.80. The fraction of sp³-hybridized carbons (Fsp3) is 0.133. The Morgan fingerprint density at radius 2 is 1.70 bits per heavy atom. The van der Waals surface area contributed by atoms with Gasteiger partial charge in [-0.1, -0.05) is 30.3 Å². The van der Waals surface area contributed by atoms with Crippen molar-refractivity contribution in [3.63, 3.8) is 0 Å². The maximum absolute atomic E-state index is 12.7. The fourth-order valence-electron chi connectivity index (χ4n) is 2.28. The third-order valence-electron chi connectivity index (χ3n) is 3.37. The van der Waals surface area contributed by atoms with Gasteiger partial charge in [0.15, 0.2) is 0 Å².